The average molecular weight is 315 g/mol. The average Bonchev–Trinajstić information content (AvgIpc) is 2.79. The number of rotatable bonds is 8. The molecule has 0 aromatic heterocycles. The first kappa shape index (κ1) is 18.2. The Hall–Kier alpha value is -1.83. The van der Waals surface area contributed by atoms with Crippen molar-refractivity contribution in [3.63, 3.8) is 0 Å². The molecule has 0 unspecified atom stereocenters. The number of aliphatic hydroxyl groups excluding tert-OH is 1. The largest absolute Gasteiger partial charge is 0.456 e. The number of esters is 2. The van der Waals surface area contributed by atoms with Crippen molar-refractivity contribution in [1.82, 2.24) is 0 Å². The molecule has 9 nitrogen and oxygen atoms in total. The predicted molar refractivity (Wildman–Crippen MR) is 74.5 cm³/mol. The Morgan fingerprint density at radius 3 is 2.41 bits per heavy atom. The minimum Gasteiger partial charge on any atom is -0.456 e. The summed E-state index contributed by atoms with van der Waals surface area (Å²) in [5.74, 6) is -1.01. The standard InChI is InChI=1S/C13H21N3O6/c1-3-5-10(18)21-9-7-20-13(8-17,15-16-14)12(9)22-11(19)6-4-2/h9,12,17H,3-8H2,1-2H3/t9-,12+,13-/m1/s1. The molecule has 1 saturated heterocycles. The Morgan fingerprint density at radius 2 is 1.91 bits per heavy atom. The molecule has 0 saturated carbocycles. The summed E-state index contributed by atoms with van der Waals surface area (Å²) in [6, 6.07) is 0. The third-order valence-electron chi connectivity index (χ3n) is 3.17. The van der Waals surface area contributed by atoms with Gasteiger partial charge in [0.05, 0.1) is 13.2 Å². The summed E-state index contributed by atoms with van der Waals surface area (Å²) >= 11 is 0. The van der Waals surface area contributed by atoms with Crippen molar-refractivity contribution in [2.75, 3.05) is 13.2 Å². The fourth-order valence-electron chi connectivity index (χ4n) is 2.12. The fraction of sp³-hybridized carbons (Fsp3) is 0.846. The van der Waals surface area contributed by atoms with E-state index >= 15 is 0 Å². The van der Waals surface area contributed by atoms with Crippen molar-refractivity contribution >= 4 is 11.9 Å². The molecule has 1 fully saturated rings. The van der Waals surface area contributed by atoms with Gasteiger partial charge in [-0.2, -0.15) is 0 Å². The van der Waals surface area contributed by atoms with Crippen LogP contribution in [0.15, 0.2) is 5.11 Å². The number of hydrogen-bond donors (Lipinski definition) is 1. The van der Waals surface area contributed by atoms with Crippen molar-refractivity contribution in [1.29, 1.82) is 0 Å². The minimum atomic E-state index is -1.77. The van der Waals surface area contributed by atoms with Crippen LogP contribution in [-0.2, 0) is 23.8 Å². The second-order valence-electron chi connectivity index (χ2n) is 4.94. The minimum absolute atomic E-state index is 0.126. The molecule has 9 heteroatoms. The van der Waals surface area contributed by atoms with Crippen LogP contribution in [0.4, 0.5) is 0 Å². The highest BCUT2D eigenvalue weighted by Gasteiger charge is 2.54. The summed E-state index contributed by atoms with van der Waals surface area (Å²) in [4.78, 5) is 26.0. The number of azide groups is 1. The maximum atomic E-state index is 11.7. The molecule has 1 rings (SSSR count). The van der Waals surface area contributed by atoms with Gasteiger partial charge in [0.15, 0.2) is 12.2 Å². The second-order valence-corrected chi connectivity index (χ2v) is 4.94. The number of carbonyl (C=O) groups is 2. The smallest absolute Gasteiger partial charge is 0.306 e. The van der Waals surface area contributed by atoms with Crippen LogP contribution in [0.25, 0.3) is 10.4 Å². The number of carbonyl (C=O) groups excluding carboxylic acids is 2. The summed E-state index contributed by atoms with van der Waals surface area (Å²) < 4.78 is 15.7. The lowest BCUT2D eigenvalue weighted by atomic mass is 10.1. The van der Waals surface area contributed by atoms with E-state index in [2.05, 4.69) is 10.0 Å². The normalized spacial score (nSPS) is 27.0. The summed E-state index contributed by atoms with van der Waals surface area (Å²) in [7, 11) is 0. The van der Waals surface area contributed by atoms with E-state index in [4.69, 9.17) is 19.7 Å². The van der Waals surface area contributed by atoms with Crippen molar-refractivity contribution < 1.29 is 28.9 Å². The second kappa shape index (κ2) is 8.57. The van der Waals surface area contributed by atoms with Gasteiger partial charge in [-0.25, -0.2) is 0 Å². The first-order chi connectivity index (χ1) is 10.5. The molecule has 0 aromatic rings. The number of nitrogens with zero attached hydrogens (tertiary/aromatic N) is 3. The lowest BCUT2D eigenvalue weighted by molar-refractivity contribution is -0.173. The maximum absolute atomic E-state index is 11.7. The van der Waals surface area contributed by atoms with Crippen molar-refractivity contribution in [3.05, 3.63) is 10.4 Å². The molecular formula is C13H21N3O6. The summed E-state index contributed by atoms with van der Waals surface area (Å²) in [5, 5.41) is 12.9. The van der Waals surface area contributed by atoms with Crippen molar-refractivity contribution in [3.8, 4) is 0 Å². The Bertz CT molecular complexity index is 451. The van der Waals surface area contributed by atoms with Crippen molar-refractivity contribution in [2.24, 2.45) is 5.11 Å². The summed E-state index contributed by atoms with van der Waals surface area (Å²) in [6.07, 6.45) is -0.552. The molecule has 0 amide bonds. The van der Waals surface area contributed by atoms with E-state index in [-0.39, 0.29) is 19.4 Å². The van der Waals surface area contributed by atoms with Crippen LogP contribution in [0.1, 0.15) is 39.5 Å². The van der Waals surface area contributed by atoms with Crippen LogP contribution in [0.2, 0.25) is 0 Å². The van der Waals surface area contributed by atoms with E-state index in [0.717, 1.165) is 0 Å². The number of hydrogen-bond acceptors (Lipinski definition) is 7. The van der Waals surface area contributed by atoms with E-state index in [9.17, 15) is 14.7 Å². The monoisotopic (exact) mass is 315 g/mol. The van der Waals surface area contributed by atoms with Gasteiger partial charge in [0, 0.05) is 17.8 Å². The van der Waals surface area contributed by atoms with Crippen LogP contribution in [0, 0.1) is 0 Å². The number of aliphatic hydroxyl groups is 1. The number of ether oxygens (including phenoxy) is 3. The Morgan fingerprint density at radius 1 is 1.32 bits per heavy atom. The third kappa shape index (κ3) is 4.33. The van der Waals surface area contributed by atoms with Crippen molar-refractivity contribution in [2.45, 2.75) is 57.5 Å². The van der Waals surface area contributed by atoms with Gasteiger partial charge in [-0.15, -0.1) is 0 Å². The Kier molecular flexibility index (Phi) is 7.10. The van der Waals surface area contributed by atoms with Gasteiger partial charge in [-0.3, -0.25) is 9.59 Å². The molecule has 1 heterocycles. The molecular weight excluding hydrogens is 294 g/mol. The molecule has 1 N–H and O–H groups in total. The zero-order valence-corrected chi connectivity index (χ0v) is 12.7. The van der Waals surface area contributed by atoms with Crippen LogP contribution in [0.3, 0.4) is 0 Å². The molecule has 0 spiro atoms. The lowest BCUT2D eigenvalue weighted by Gasteiger charge is -2.28. The highest BCUT2D eigenvalue weighted by Crippen LogP contribution is 2.33. The van der Waals surface area contributed by atoms with E-state index in [1.54, 1.807) is 6.92 Å². The highest BCUT2D eigenvalue weighted by molar-refractivity contribution is 5.70. The molecule has 1 aliphatic rings. The van der Waals surface area contributed by atoms with E-state index in [1.165, 1.54) is 0 Å². The molecule has 124 valence electrons. The van der Waals surface area contributed by atoms with E-state index < -0.39 is 36.5 Å². The molecule has 0 bridgehead atoms. The maximum Gasteiger partial charge on any atom is 0.306 e. The molecule has 22 heavy (non-hydrogen) atoms. The van der Waals surface area contributed by atoms with Gasteiger partial charge < -0.3 is 19.3 Å². The lowest BCUT2D eigenvalue weighted by Crippen LogP contribution is -2.48. The highest BCUT2D eigenvalue weighted by atomic mass is 16.6. The summed E-state index contributed by atoms with van der Waals surface area (Å²) in [5.41, 5.74) is 6.88. The molecule has 0 aromatic carbocycles. The van der Waals surface area contributed by atoms with Gasteiger partial charge in [0.2, 0.25) is 5.72 Å². The molecule has 1 aliphatic heterocycles. The third-order valence-corrected chi connectivity index (χ3v) is 3.17. The van der Waals surface area contributed by atoms with Crippen LogP contribution in [0.5, 0.6) is 0 Å². The molecule has 0 aliphatic carbocycles. The van der Waals surface area contributed by atoms with Gasteiger partial charge in [0.1, 0.15) is 0 Å². The van der Waals surface area contributed by atoms with E-state index in [1.807, 2.05) is 6.92 Å². The predicted octanol–water partition coefficient (Wildman–Crippen LogP) is 1.44. The molecule has 0 radical (unpaired) electrons. The quantitative estimate of drug-likeness (QED) is 0.312. The topological polar surface area (TPSA) is 131 Å². The van der Waals surface area contributed by atoms with Gasteiger partial charge in [-0.1, -0.05) is 19.0 Å². The zero-order valence-electron chi connectivity index (χ0n) is 12.7. The van der Waals surface area contributed by atoms with Gasteiger partial charge in [0.25, 0.3) is 0 Å². The first-order valence-corrected chi connectivity index (χ1v) is 7.23. The van der Waals surface area contributed by atoms with E-state index in [0.29, 0.717) is 12.8 Å². The SMILES string of the molecule is CCCC(=O)O[C@@H]1CO[C@@](CO)(N=[N+]=[N-])[C@H]1OC(=O)CCC. The Balaban J connectivity index is 2.93. The van der Waals surface area contributed by atoms with Crippen LogP contribution >= 0.6 is 0 Å². The fourth-order valence-corrected chi connectivity index (χ4v) is 2.12. The zero-order chi connectivity index (χ0) is 16.6. The van der Waals surface area contributed by atoms with Crippen LogP contribution < -0.4 is 0 Å². The Labute approximate surface area is 128 Å². The first-order valence-electron chi connectivity index (χ1n) is 7.23. The molecule has 3 atom stereocenters. The van der Waals surface area contributed by atoms with Crippen LogP contribution in [-0.4, -0.2) is 48.2 Å². The van der Waals surface area contributed by atoms with Gasteiger partial charge in [-0.05, 0) is 18.4 Å². The summed E-state index contributed by atoms with van der Waals surface area (Å²) in [6.45, 7) is 2.81. The van der Waals surface area contributed by atoms with Gasteiger partial charge >= 0.3 is 11.9 Å².